The zero-order valence-electron chi connectivity index (χ0n) is 9.80. The van der Waals surface area contributed by atoms with Gasteiger partial charge < -0.3 is 5.32 Å². The second-order valence-corrected chi connectivity index (χ2v) is 5.32. The summed E-state index contributed by atoms with van der Waals surface area (Å²) in [5.41, 5.74) is 0.707. The Bertz CT molecular complexity index is 511. The van der Waals surface area contributed by atoms with Crippen LogP contribution in [0.1, 0.15) is 31.9 Å². The zero-order chi connectivity index (χ0) is 13.1. The number of carbonyl (C=O) groups excluding carboxylic acids is 1. The topological polar surface area (TPSA) is 89.3 Å². The molecule has 1 unspecified atom stereocenters. The smallest absolute Gasteiger partial charge is 0.238 e. The van der Waals surface area contributed by atoms with Crippen molar-refractivity contribution >= 4 is 15.9 Å². The van der Waals surface area contributed by atoms with Gasteiger partial charge >= 0.3 is 0 Å². The molecule has 0 aliphatic rings. The van der Waals surface area contributed by atoms with Gasteiger partial charge in [-0.05, 0) is 24.6 Å². The van der Waals surface area contributed by atoms with Crippen LogP contribution in [0.2, 0.25) is 0 Å². The second kappa shape index (κ2) is 5.29. The Kier molecular flexibility index (Phi) is 4.25. The molecule has 0 saturated carbocycles. The lowest BCUT2D eigenvalue weighted by Gasteiger charge is -2.14. The molecule has 0 saturated heterocycles. The predicted octanol–water partition coefficient (Wildman–Crippen LogP) is 0.921. The van der Waals surface area contributed by atoms with Crippen LogP contribution in [0.5, 0.6) is 0 Å². The van der Waals surface area contributed by atoms with E-state index in [0.717, 1.165) is 0 Å². The molecule has 1 aromatic carbocycles. The maximum atomic E-state index is 11.2. The number of rotatable bonds is 4. The number of hydrogen-bond acceptors (Lipinski definition) is 3. The van der Waals surface area contributed by atoms with Crippen molar-refractivity contribution in [2.24, 2.45) is 5.14 Å². The first-order valence-electron chi connectivity index (χ1n) is 5.26. The third-order valence-electron chi connectivity index (χ3n) is 2.39. The van der Waals surface area contributed by atoms with Crippen LogP contribution in [0, 0.1) is 0 Å². The fourth-order valence-electron chi connectivity index (χ4n) is 1.39. The first kappa shape index (κ1) is 13.7. The molecule has 0 bridgehead atoms. The molecule has 0 heterocycles. The third kappa shape index (κ3) is 3.83. The van der Waals surface area contributed by atoms with Crippen LogP contribution in [0.3, 0.4) is 0 Å². The van der Waals surface area contributed by atoms with E-state index in [1.54, 1.807) is 26.0 Å². The minimum atomic E-state index is -3.71. The summed E-state index contributed by atoms with van der Waals surface area (Å²) in [6.45, 7) is 3.54. The second-order valence-electron chi connectivity index (χ2n) is 3.76. The van der Waals surface area contributed by atoms with Gasteiger partial charge in [-0.25, -0.2) is 13.6 Å². The number of sulfonamides is 1. The Labute approximate surface area is 101 Å². The normalized spacial score (nSPS) is 13.1. The van der Waals surface area contributed by atoms with Crippen molar-refractivity contribution in [1.29, 1.82) is 0 Å². The number of benzene rings is 1. The molecule has 94 valence electrons. The maximum absolute atomic E-state index is 11.2. The number of carbonyl (C=O) groups is 1. The van der Waals surface area contributed by atoms with Crippen molar-refractivity contribution in [1.82, 2.24) is 5.32 Å². The van der Waals surface area contributed by atoms with Gasteiger partial charge in [0.05, 0.1) is 10.9 Å². The summed E-state index contributed by atoms with van der Waals surface area (Å²) < 4.78 is 22.4. The lowest BCUT2D eigenvalue weighted by molar-refractivity contribution is -0.121. The van der Waals surface area contributed by atoms with Gasteiger partial charge in [0.1, 0.15) is 0 Å². The van der Waals surface area contributed by atoms with E-state index in [-0.39, 0.29) is 16.8 Å². The standard InChI is InChI=1S/C11H16N2O3S/c1-3-11(14)13-8(2)9-5-4-6-10(7-9)17(12,15)16/h4-8H,3H2,1-2H3,(H,13,14)(H2,12,15,16). The molecule has 0 aliphatic carbocycles. The van der Waals surface area contributed by atoms with Crippen molar-refractivity contribution in [3.63, 3.8) is 0 Å². The Balaban J connectivity index is 2.96. The van der Waals surface area contributed by atoms with Gasteiger partial charge in [0.15, 0.2) is 0 Å². The minimum Gasteiger partial charge on any atom is -0.350 e. The van der Waals surface area contributed by atoms with Crippen LogP contribution in [-0.2, 0) is 14.8 Å². The van der Waals surface area contributed by atoms with Gasteiger partial charge in [-0.2, -0.15) is 0 Å². The third-order valence-corrected chi connectivity index (χ3v) is 3.30. The molecular formula is C11H16N2O3S. The Hall–Kier alpha value is -1.40. The van der Waals surface area contributed by atoms with E-state index in [9.17, 15) is 13.2 Å². The average Bonchev–Trinajstić information content (AvgIpc) is 2.28. The zero-order valence-corrected chi connectivity index (χ0v) is 10.6. The van der Waals surface area contributed by atoms with Gasteiger partial charge in [0.25, 0.3) is 0 Å². The molecule has 0 aromatic heterocycles. The van der Waals surface area contributed by atoms with E-state index in [0.29, 0.717) is 12.0 Å². The van der Waals surface area contributed by atoms with Gasteiger partial charge in [0, 0.05) is 6.42 Å². The summed E-state index contributed by atoms with van der Waals surface area (Å²) in [5, 5.41) is 7.79. The van der Waals surface area contributed by atoms with E-state index >= 15 is 0 Å². The molecule has 1 rings (SSSR count). The molecule has 1 amide bonds. The molecule has 6 heteroatoms. The van der Waals surface area contributed by atoms with Crippen LogP contribution in [0.4, 0.5) is 0 Å². The monoisotopic (exact) mass is 256 g/mol. The molecule has 0 radical (unpaired) electrons. The number of nitrogens with one attached hydrogen (secondary N) is 1. The van der Waals surface area contributed by atoms with Gasteiger partial charge in [-0.15, -0.1) is 0 Å². The van der Waals surface area contributed by atoms with Crippen LogP contribution >= 0.6 is 0 Å². The van der Waals surface area contributed by atoms with E-state index in [4.69, 9.17) is 5.14 Å². The lowest BCUT2D eigenvalue weighted by Crippen LogP contribution is -2.25. The lowest BCUT2D eigenvalue weighted by atomic mass is 10.1. The van der Waals surface area contributed by atoms with E-state index in [1.807, 2.05) is 0 Å². The van der Waals surface area contributed by atoms with Gasteiger partial charge in [0.2, 0.25) is 15.9 Å². The number of primary sulfonamides is 1. The number of nitrogens with two attached hydrogens (primary N) is 1. The van der Waals surface area contributed by atoms with Gasteiger partial charge in [-0.3, -0.25) is 4.79 Å². The van der Waals surface area contributed by atoms with Crippen molar-refractivity contribution in [3.05, 3.63) is 29.8 Å². The summed E-state index contributed by atoms with van der Waals surface area (Å²) in [5.74, 6) is -0.0847. The average molecular weight is 256 g/mol. The van der Waals surface area contributed by atoms with E-state index < -0.39 is 10.0 Å². The SMILES string of the molecule is CCC(=O)NC(C)c1cccc(S(N)(=O)=O)c1. The molecule has 0 fully saturated rings. The molecule has 3 N–H and O–H groups in total. The molecule has 5 nitrogen and oxygen atoms in total. The van der Waals surface area contributed by atoms with Crippen LogP contribution in [-0.4, -0.2) is 14.3 Å². The minimum absolute atomic E-state index is 0.0487. The first-order chi connectivity index (χ1) is 7.84. The van der Waals surface area contributed by atoms with Crippen LogP contribution in [0.15, 0.2) is 29.2 Å². The predicted molar refractivity (Wildman–Crippen MR) is 64.7 cm³/mol. The van der Waals surface area contributed by atoms with E-state index in [1.165, 1.54) is 12.1 Å². The fraction of sp³-hybridized carbons (Fsp3) is 0.364. The summed E-state index contributed by atoms with van der Waals surface area (Å²) in [4.78, 5) is 11.3. The Morgan fingerprint density at radius 1 is 1.47 bits per heavy atom. The Morgan fingerprint density at radius 2 is 2.12 bits per heavy atom. The highest BCUT2D eigenvalue weighted by Gasteiger charge is 2.12. The van der Waals surface area contributed by atoms with Gasteiger partial charge in [-0.1, -0.05) is 19.1 Å². The maximum Gasteiger partial charge on any atom is 0.238 e. The fourth-order valence-corrected chi connectivity index (χ4v) is 1.96. The highest BCUT2D eigenvalue weighted by atomic mass is 32.2. The quantitative estimate of drug-likeness (QED) is 0.839. The molecule has 17 heavy (non-hydrogen) atoms. The van der Waals surface area contributed by atoms with Crippen molar-refractivity contribution in [2.75, 3.05) is 0 Å². The highest BCUT2D eigenvalue weighted by Crippen LogP contribution is 2.16. The molecule has 1 aromatic rings. The molecular weight excluding hydrogens is 240 g/mol. The van der Waals surface area contributed by atoms with Crippen molar-refractivity contribution in [2.45, 2.75) is 31.2 Å². The van der Waals surface area contributed by atoms with E-state index in [2.05, 4.69) is 5.32 Å². The van der Waals surface area contributed by atoms with Crippen LogP contribution in [0.25, 0.3) is 0 Å². The largest absolute Gasteiger partial charge is 0.350 e. The highest BCUT2D eigenvalue weighted by molar-refractivity contribution is 7.89. The van der Waals surface area contributed by atoms with Crippen molar-refractivity contribution < 1.29 is 13.2 Å². The number of amides is 1. The summed E-state index contributed by atoms with van der Waals surface area (Å²) in [6, 6.07) is 5.99. The summed E-state index contributed by atoms with van der Waals surface area (Å²) in [6.07, 6.45) is 0.388. The molecule has 0 spiro atoms. The van der Waals surface area contributed by atoms with Crippen LogP contribution < -0.4 is 10.5 Å². The van der Waals surface area contributed by atoms with Crippen molar-refractivity contribution in [3.8, 4) is 0 Å². The number of hydrogen-bond donors (Lipinski definition) is 2. The first-order valence-corrected chi connectivity index (χ1v) is 6.81. The molecule has 0 aliphatic heterocycles. The summed E-state index contributed by atoms with van der Waals surface area (Å²) in [7, 11) is -3.71. The molecule has 1 atom stereocenters. The summed E-state index contributed by atoms with van der Waals surface area (Å²) >= 11 is 0. The Morgan fingerprint density at radius 3 is 2.65 bits per heavy atom.